The first-order chi connectivity index (χ1) is 53.7. The Morgan fingerprint density at radius 2 is 0.438 bits per heavy atom. The van der Waals surface area contributed by atoms with E-state index >= 15 is 0 Å². The van der Waals surface area contributed by atoms with Crippen molar-refractivity contribution in [3.8, 4) is 0 Å². The number of hydrogen-bond donors (Lipinski definition) is 1. The van der Waals surface area contributed by atoms with Crippen LogP contribution in [0, 0.1) is 16.7 Å². The molecule has 112 heavy (non-hydrogen) atoms. The number of ether oxygens (including phenoxy) is 13. The summed E-state index contributed by atoms with van der Waals surface area (Å²) in [5.74, 6) is -4.52. The lowest BCUT2D eigenvalue weighted by atomic mass is 9.91. The Hall–Kier alpha value is -7.42. The van der Waals surface area contributed by atoms with Crippen LogP contribution in [0.5, 0.6) is 0 Å². The van der Waals surface area contributed by atoms with E-state index in [0.717, 1.165) is 70.6 Å². The molecule has 0 heterocycles. The largest absolute Gasteiger partial charge is 0.481 e. The number of aliphatic carboxylic acids is 1. The van der Waals surface area contributed by atoms with Gasteiger partial charge in [-0.1, -0.05) is 47.0 Å². The highest BCUT2D eigenvalue weighted by molar-refractivity contribution is 5.78. The van der Waals surface area contributed by atoms with Crippen molar-refractivity contribution in [3.05, 3.63) is 0 Å². The van der Waals surface area contributed by atoms with Gasteiger partial charge in [0.05, 0.1) is 96.3 Å². The Morgan fingerprint density at radius 3 is 0.670 bits per heavy atom. The molecule has 0 aliphatic carbocycles. The molecular weight excluding hydrogens is 1460 g/mol. The summed E-state index contributed by atoms with van der Waals surface area (Å²) >= 11 is 0. The highest BCUT2D eigenvalue weighted by atomic mass is 16.6. The van der Waals surface area contributed by atoms with E-state index in [1.165, 1.54) is 0 Å². The summed E-state index contributed by atoms with van der Waals surface area (Å²) in [6.07, 6.45) is 26.8. The molecule has 0 fully saturated rings. The van der Waals surface area contributed by atoms with Gasteiger partial charge in [0, 0.05) is 64.2 Å². The van der Waals surface area contributed by atoms with Gasteiger partial charge in [-0.15, -0.1) is 0 Å². The minimum absolute atomic E-state index is 0.0128. The number of carboxylic acids is 1. The summed E-state index contributed by atoms with van der Waals surface area (Å²) < 4.78 is 67.9. The molecule has 648 valence electrons. The van der Waals surface area contributed by atoms with Crippen molar-refractivity contribution in [2.45, 2.75) is 351 Å². The van der Waals surface area contributed by atoms with Crippen LogP contribution >= 0.6 is 0 Å². The van der Waals surface area contributed by atoms with Gasteiger partial charge in [-0.05, 0) is 233 Å². The van der Waals surface area contributed by atoms with Crippen LogP contribution in [0.15, 0.2) is 0 Å². The highest BCUT2D eigenvalue weighted by Gasteiger charge is 2.28. The molecule has 1 unspecified atom stereocenters. The molecule has 0 aromatic carbocycles. The van der Waals surface area contributed by atoms with Crippen molar-refractivity contribution in [1.29, 1.82) is 0 Å². The Labute approximate surface area is 668 Å². The van der Waals surface area contributed by atoms with Gasteiger partial charge in [-0.3, -0.25) is 67.1 Å². The average Bonchev–Trinajstić information content (AvgIpc) is 0.902. The van der Waals surface area contributed by atoms with Gasteiger partial charge in [0.15, 0.2) is 0 Å². The summed E-state index contributed by atoms with van der Waals surface area (Å²) in [6, 6.07) is 0. The van der Waals surface area contributed by atoms with E-state index in [1.807, 2.05) is 27.7 Å². The Bertz CT molecular complexity index is 2560. The van der Waals surface area contributed by atoms with E-state index in [2.05, 4.69) is 13.8 Å². The van der Waals surface area contributed by atoms with E-state index in [1.54, 1.807) is 13.8 Å². The molecule has 0 bridgehead atoms. The molecular formula is C84H144O28. The molecule has 0 spiro atoms. The standard InChI is InChI=1S/C72H124O22.C12H20O6/c1-6-9-38-60(7-2)59-94-70(82)47-27-18-36-56-91-68(80)45-25-16-34-54-89-66(78)43-23-14-32-52-87-64(76)41-21-12-30-50-85-62(74)39-19-10-28-49-84-61(73)40-20-11-29-51-86-63(75)42-22-13-31-53-88-65(77)44-24-15-33-55-90-67(79)46-26-17-35-57-92-69(81)48-37-58-93-71(83)72(4,5)8-3;1-4-12(2,3)11(16)18-8-7-17-10(15)6-5-9(13)14/h60H,6-59H2,1-5H3;4-8H2,1-3H3,(H,13,14). The summed E-state index contributed by atoms with van der Waals surface area (Å²) in [6.45, 7) is 18.5. The van der Waals surface area contributed by atoms with Crippen molar-refractivity contribution in [2.24, 2.45) is 16.7 Å². The predicted molar refractivity (Wildman–Crippen MR) is 416 cm³/mol. The molecule has 1 N–H and O–H groups in total. The number of rotatable bonds is 74. The van der Waals surface area contributed by atoms with Crippen LogP contribution in [-0.4, -0.2) is 175 Å². The molecule has 28 heteroatoms. The number of esters is 13. The molecule has 0 aromatic heterocycles. The third-order valence-corrected chi connectivity index (χ3v) is 18.4. The molecule has 1 atom stereocenters. The third-order valence-electron chi connectivity index (χ3n) is 18.4. The molecule has 0 aliphatic heterocycles. The van der Waals surface area contributed by atoms with Crippen LogP contribution in [0.4, 0.5) is 0 Å². The van der Waals surface area contributed by atoms with Gasteiger partial charge in [0.1, 0.15) is 13.2 Å². The maximum atomic E-state index is 12.1. The fourth-order valence-corrected chi connectivity index (χ4v) is 10.1. The second kappa shape index (κ2) is 73.7. The van der Waals surface area contributed by atoms with Gasteiger partial charge in [-0.25, -0.2) is 0 Å². The monoisotopic (exact) mass is 1600 g/mol. The zero-order valence-corrected chi connectivity index (χ0v) is 69.8. The lowest BCUT2D eigenvalue weighted by Gasteiger charge is -2.20. The van der Waals surface area contributed by atoms with E-state index in [9.17, 15) is 67.1 Å². The zero-order valence-electron chi connectivity index (χ0n) is 69.8. The number of carboxylic acid groups (broad SMARTS) is 1. The molecule has 0 saturated heterocycles. The summed E-state index contributed by atoms with van der Waals surface area (Å²) in [4.78, 5) is 165. The van der Waals surface area contributed by atoms with E-state index in [4.69, 9.17) is 66.7 Å². The summed E-state index contributed by atoms with van der Waals surface area (Å²) in [5.41, 5.74) is -1.09. The van der Waals surface area contributed by atoms with Crippen LogP contribution in [-0.2, 0) is 129 Å². The number of carbonyl (C=O) groups is 14. The van der Waals surface area contributed by atoms with Crippen LogP contribution in [0.25, 0.3) is 0 Å². The lowest BCUT2D eigenvalue weighted by Crippen LogP contribution is -2.27. The fourth-order valence-electron chi connectivity index (χ4n) is 10.1. The highest BCUT2D eigenvalue weighted by Crippen LogP contribution is 2.23. The first-order valence-electron chi connectivity index (χ1n) is 42.0. The van der Waals surface area contributed by atoms with Crippen molar-refractivity contribution in [3.63, 3.8) is 0 Å². The van der Waals surface area contributed by atoms with Gasteiger partial charge in [0.25, 0.3) is 0 Å². The maximum absolute atomic E-state index is 12.1. The van der Waals surface area contributed by atoms with Gasteiger partial charge < -0.3 is 66.7 Å². The SMILES string of the molecule is CCC(C)(C)C(=O)OCCOC(=O)CCC(=O)O.CCCCC(CC)COC(=O)CCCCCOC(=O)CCCCCOC(=O)CCCCCOC(=O)CCCCCOC(=O)CCCCCOC(=O)CCCCCOC(=O)CCCCCOC(=O)CCCCCOC(=O)CCCCCOC(=O)CCCOC(=O)C(C)(C)CC. The molecule has 28 nitrogen and oxygen atoms in total. The van der Waals surface area contributed by atoms with Gasteiger partial charge in [-0.2, -0.15) is 0 Å². The molecule has 0 amide bonds. The van der Waals surface area contributed by atoms with Crippen LogP contribution in [0.2, 0.25) is 0 Å². The molecule has 0 aromatic rings. The first-order valence-corrected chi connectivity index (χ1v) is 42.0. The summed E-state index contributed by atoms with van der Waals surface area (Å²) in [7, 11) is 0. The normalized spacial score (nSPS) is 11.3. The van der Waals surface area contributed by atoms with E-state index in [0.29, 0.717) is 199 Å². The van der Waals surface area contributed by atoms with Crippen LogP contribution in [0.1, 0.15) is 351 Å². The topological polar surface area (TPSA) is 379 Å². The second-order valence-corrected chi connectivity index (χ2v) is 29.3. The average molecular weight is 1600 g/mol. The molecule has 0 aliphatic rings. The molecule has 0 radical (unpaired) electrons. The quantitative estimate of drug-likeness (QED) is 0.0336. The Morgan fingerprint density at radius 1 is 0.232 bits per heavy atom. The number of hydrogen-bond acceptors (Lipinski definition) is 27. The van der Waals surface area contributed by atoms with Crippen molar-refractivity contribution in [1.82, 2.24) is 0 Å². The third kappa shape index (κ3) is 71.6. The van der Waals surface area contributed by atoms with Crippen LogP contribution in [0.3, 0.4) is 0 Å². The second-order valence-electron chi connectivity index (χ2n) is 29.3. The minimum Gasteiger partial charge on any atom is -0.481 e. The van der Waals surface area contributed by atoms with Crippen molar-refractivity contribution < 1.29 is 134 Å². The zero-order chi connectivity index (χ0) is 83.6. The maximum Gasteiger partial charge on any atom is 0.311 e. The van der Waals surface area contributed by atoms with Crippen molar-refractivity contribution in [2.75, 3.05) is 85.9 Å². The smallest absolute Gasteiger partial charge is 0.311 e. The predicted octanol–water partition coefficient (Wildman–Crippen LogP) is 15.8. The van der Waals surface area contributed by atoms with Crippen molar-refractivity contribution >= 4 is 83.6 Å². The number of carbonyl (C=O) groups excluding carboxylic acids is 13. The Kier molecular flexibility index (Phi) is 70.2. The Balaban J connectivity index is 0. The van der Waals surface area contributed by atoms with Gasteiger partial charge in [0.2, 0.25) is 0 Å². The van der Waals surface area contributed by atoms with Crippen LogP contribution < -0.4 is 0 Å². The number of unbranched alkanes of at least 4 members (excludes halogenated alkanes) is 19. The van der Waals surface area contributed by atoms with Gasteiger partial charge >= 0.3 is 83.6 Å². The summed E-state index contributed by atoms with van der Waals surface area (Å²) in [5, 5.41) is 8.35. The van der Waals surface area contributed by atoms with E-state index in [-0.39, 0.29) is 189 Å². The first kappa shape index (κ1) is 107. The minimum atomic E-state index is -1.05. The lowest BCUT2D eigenvalue weighted by molar-refractivity contribution is -0.159. The molecule has 0 saturated carbocycles. The molecule has 0 rings (SSSR count). The van der Waals surface area contributed by atoms with E-state index < -0.39 is 22.8 Å². The fraction of sp³-hybridized carbons (Fsp3) is 0.833.